The van der Waals surface area contributed by atoms with E-state index in [2.05, 4.69) is 20.1 Å². The minimum Gasteiger partial charge on any atom is -0.496 e. The molecule has 1 atom stereocenters. The first-order chi connectivity index (χ1) is 18.6. The van der Waals surface area contributed by atoms with Crippen LogP contribution in [0.15, 0.2) is 41.8 Å². The Labute approximate surface area is 228 Å². The largest absolute Gasteiger partial charge is 0.496 e. The fourth-order valence-corrected chi connectivity index (χ4v) is 6.26. The van der Waals surface area contributed by atoms with Gasteiger partial charge in [0.1, 0.15) is 11.6 Å². The molecule has 202 valence electrons. The maximum atomic E-state index is 13.4. The number of ether oxygens (including phenoxy) is 1. The Bertz CT molecular complexity index is 1240. The van der Waals surface area contributed by atoms with Gasteiger partial charge in [0.15, 0.2) is 0 Å². The van der Waals surface area contributed by atoms with Crippen molar-refractivity contribution in [1.29, 1.82) is 0 Å². The minimum atomic E-state index is -0.145. The molecule has 0 saturated carbocycles. The number of aliphatic hydroxyl groups is 1. The van der Waals surface area contributed by atoms with Crippen LogP contribution in [0.25, 0.3) is 11.3 Å². The number of hydrogen-bond acceptors (Lipinski definition) is 8. The van der Waals surface area contributed by atoms with Gasteiger partial charge in [-0.3, -0.25) is 9.69 Å². The fourth-order valence-electron chi connectivity index (χ4n) is 5.65. The van der Waals surface area contributed by atoms with Gasteiger partial charge in [-0.15, -0.1) is 11.3 Å². The maximum Gasteiger partial charge on any atom is 0.255 e. The van der Waals surface area contributed by atoms with Crippen molar-refractivity contribution in [3.63, 3.8) is 0 Å². The number of methoxy groups -OCH3 is 1. The molecule has 2 aliphatic heterocycles. The highest BCUT2D eigenvalue weighted by molar-refractivity contribution is 7.09. The number of para-hydroxylation sites is 1. The zero-order valence-corrected chi connectivity index (χ0v) is 23.0. The maximum absolute atomic E-state index is 13.4. The highest BCUT2D eigenvalue weighted by Crippen LogP contribution is 2.33. The van der Waals surface area contributed by atoms with Crippen molar-refractivity contribution in [2.24, 2.45) is 5.92 Å². The van der Waals surface area contributed by atoms with Crippen LogP contribution >= 0.6 is 11.3 Å². The second kappa shape index (κ2) is 12.2. The summed E-state index contributed by atoms with van der Waals surface area (Å²) in [5.74, 6) is 1.71. The number of nitrogens with zero attached hydrogens (tertiary/aromatic N) is 4. The predicted molar refractivity (Wildman–Crippen MR) is 151 cm³/mol. The van der Waals surface area contributed by atoms with Crippen LogP contribution in [-0.4, -0.2) is 71.8 Å². The lowest BCUT2D eigenvalue weighted by Crippen LogP contribution is -2.49. The highest BCUT2D eigenvalue weighted by Gasteiger charge is 2.30. The molecular weight excluding hydrogens is 498 g/mol. The number of benzene rings is 1. The predicted octanol–water partition coefficient (Wildman–Crippen LogP) is 4.13. The van der Waals surface area contributed by atoms with Crippen LogP contribution in [0.4, 0.5) is 5.82 Å². The Morgan fingerprint density at radius 2 is 1.95 bits per heavy atom. The number of carbonyl (C=O) groups is 1. The summed E-state index contributed by atoms with van der Waals surface area (Å²) < 4.78 is 5.59. The van der Waals surface area contributed by atoms with E-state index in [1.54, 1.807) is 18.4 Å². The quantitative estimate of drug-likeness (QED) is 0.448. The Hall–Kier alpha value is -3.01. The van der Waals surface area contributed by atoms with Crippen molar-refractivity contribution in [2.75, 3.05) is 44.8 Å². The van der Waals surface area contributed by atoms with E-state index >= 15 is 0 Å². The summed E-state index contributed by atoms with van der Waals surface area (Å²) in [5.41, 5.74) is 3.13. The third-order valence-electron chi connectivity index (χ3n) is 7.69. The summed E-state index contributed by atoms with van der Waals surface area (Å²) in [5, 5.41) is 15.7. The lowest BCUT2D eigenvalue weighted by molar-refractivity contribution is 0.0777. The molecule has 2 aromatic heterocycles. The van der Waals surface area contributed by atoms with E-state index in [1.165, 1.54) is 0 Å². The zero-order chi connectivity index (χ0) is 26.5. The van der Waals surface area contributed by atoms with Crippen LogP contribution in [0.3, 0.4) is 0 Å². The molecule has 0 bridgehead atoms. The molecule has 2 aliphatic rings. The average Bonchev–Trinajstić information content (AvgIpc) is 3.40. The number of likely N-dealkylation sites (tertiary alicyclic amines) is 1. The molecular formula is C29H37N5O3S. The Morgan fingerprint density at radius 3 is 2.68 bits per heavy atom. The smallest absolute Gasteiger partial charge is 0.255 e. The Morgan fingerprint density at radius 1 is 1.13 bits per heavy atom. The molecule has 38 heavy (non-hydrogen) atoms. The average molecular weight is 536 g/mol. The van der Waals surface area contributed by atoms with Gasteiger partial charge in [0.2, 0.25) is 0 Å². The molecule has 2 fully saturated rings. The highest BCUT2D eigenvalue weighted by atomic mass is 32.1. The minimum absolute atomic E-state index is 0.145. The van der Waals surface area contributed by atoms with Gasteiger partial charge in [-0.25, -0.2) is 9.97 Å². The first-order valence-electron chi connectivity index (χ1n) is 13.5. The lowest BCUT2D eigenvalue weighted by atomic mass is 9.94. The fraction of sp³-hybridized carbons (Fsp3) is 0.483. The van der Waals surface area contributed by atoms with Crippen molar-refractivity contribution in [3.8, 4) is 17.0 Å². The molecule has 4 heterocycles. The molecule has 0 unspecified atom stereocenters. The van der Waals surface area contributed by atoms with Gasteiger partial charge in [-0.2, -0.15) is 0 Å². The van der Waals surface area contributed by atoms with Crippen molar-refractivity contribution >= 4 is 23.1 Å². The van der Waals surface area contributed by atoms with Crippen LogP contribution in [0.2, 0.25) is 0 Å². The number of carbonyl (C=O) groups excluding carboxylic acids is 1. The topological polar surface area (TPSA) is 90.8 Å². The van der Waals surface area contributed by atoms with Crippen LogP contribution in [0, 0.1) is 12.8 Å². The van der Waals surface area contributed by atoms with Crippen molar-refractivity contribution in [1.82, 2.24) is 20.2 Å². The number of aryl methyl sites for hydroxylation is 1. The van der Waals surface area contributed by atoms with Gasteiger partial charge in [0.25, 0.3) is 5.91 Å². The first kappa shape index (κ1) is 26.6. The third-order valence-corrected chi connectivity index (χ3v) is 8.51. The number of anilines is 1. The van der Waals surface area contributed by atoms with E-state index in [9.17, 15) is 9.90 Å². The van der Waals surface area contributed by atoms with E-state index in [-0.39, 0.29) is 12.5 Å². The van der Waals surface area contributed by atoms with Crippen LogP contribution in [-0.2, 0) is 6.54 Å². The SMILES string of the molecule is COc1ccccc1-c1ccc(C(=O)NCc2csc(C)n2)c(N2CCC(N3CCC[C@@H](CO)C3)CC2)n1. The van der Waals surface area contributed by atoms with Gasteiger partial charge in [-0.05, 0) is 69.3 Å². The zero-order valence-electron chi connectivity index (χ0n) is 22.2. The molecule has 0 radical (unpaired) electrons. The molecule has 1 aromatic carbocycles. The number of aromatic nitrogens is 2. The third kappa shape index (κ3) is 6.00. The van der Waals surface area contributed by atoms with Crippen molar-refractivity contribution in [2.45, 2.75) is 45.2 Å². The second-order valence-corrected chi connectivity index (χ2v) is 11.3. The summed E-state index contributed by atoms with van der Waals surface area (Å²) in [7, 11) is 1.66. The number of pyridine rings is 1. The van der Waals surface area contributed by atoms with E-state index in [1.807, 2.05) is 48.7 Å². The van der Waals surface area contributed by atoms with Crippen LogP contribution < -0.4 is 15.0 Å². The van der Waals surface area contributed by atoms with Gasteiger partial charge in [0.05, 0.1) is 35.6 Å². The van der Waals surface area contributed by atoms with Crippen molar-refractivity contribution in [3.05, 3.63) is 58.0 Å². The first-order valence-corrected chi connectivity index (χ1v) is 14.4. The van der Waals surface area contributed by atoms with Crippen molar-refractivity contribution < 1.29 is 14.6 Å². The van der Waals surface area contributed by atoms with Crippen LogP contribution in [0.5, 0.6) is 5.75 Å². The summed E-state index contributed by atoms with van der Waals surface area (Å²) in [4.78, 5) is 27.7. The van der Waals surface area contributed by atoms with E-state index in [0.29, 0.717) is 29.9 Å². The normalized spacial score (nSPS) is 18.9. The molecule has 9 heteroatoms. The number of nitrogens with one attached hydrogen (secondary N) is 1. The summed E-state index contributed by atoms with van der Waals surface area (Å²) in [6, 6.07) is 12.1. The van der Waals surface area contributed by atoms with Crippen LogP contribution in [0.1, 0.15) is 46.7 Å². The summed E-state index contributed by atoms with van der Waals surface area (Å²) >= 11 is 1.58. The Balaban J connectivity index is 1.37. The molecule has 8 nitrogen and oxygen atoms in total. The molecule has 0 spiro atoms. The number of piperidine rings is 2. The number of rotatable bonds is 8. The number of hydrogen-bond donors (Lipinski definition) is 2. The second-order valence-electron chi connectivity index (χ2n) is 10.2. The summed E-state index contributed by atoms with van der Waals surface area (Å²) in [6.45, 7) is 6.37. The van der Waals surface area contributed by atoms with E-state index in [0.717, 1.165) is 79.6 Å². The summed E-state index contributed by atoms with van der Waals surface area (Å²) in [6.07, 6.45) is 4.29. The van der Waals surface area contributed by atoms with E-state index in [4.69, 9.17) is 9.72 Å². The van der Waals surface area contributed by atoms with E-state index < -0.39 is 0 Å². The van der Waals surface area contributed by atoms with Gasteiger partial charge < -0.3 is 20.1 Å². The Kier molecular flexibility index (Phi) is 8.56. The molecule has 0 aliphatic carbocycles. The molecule has 5 rings (SSSR count). The standard InChI is InChI=1S/C29H37N5O3S/c1-20-31-22(19-38-20)16-30-29(36)25-9-10-26(24-7-3-4-8-27(24)37-2)32-28(25)33-14-11-23(12-15-33)34-13-5-6-21(17-34)18-35/h3-4,7-10,19,21,23,35H,5-6,11-18H2,1-2H3,(H,30,36)/t21-/m1/s1. The lowest BCUT2D eigenvalue weighted by Gasteiger charge is -2.42. The monoisotopic (exact) mass is 535 g/mol. The molecule has 2 saturated heterocycles. The van der Waals surface area contributed by atoms with Gasteiger partial charge >= 0.3 is 0 Å². The molecule has 3 aromatic rings. The van der Waals surface area contributed by atoms with Gasteiger partial charge in [0, 0.05) is 43.2 Å². The molecule has 2 N–H and O–H groups in total. The number of thiazole rings is 1. The number of amides is 1. The van der Waals surface area contributed by atoms with Gasteiger partial charge in [-0.1, -0.05) is 12.1 Å². The molecule has 1 amide bonds. The number of aliphatic hydroxyl groups excluding tert-OH is 1.